The summed E-state index contributed by atoms with van der Waals surface area (Å²) in [6, 6.07) is 13.9. The third-order valence-corrected chi connectivity index (χ3v) is 4.78. The molecule has 31 heavy (non-hydrogen) atoms. The van der Waals surface area contributed by atoms with Gasteiger partial charge in [-0.3, -0.25) is 19.3 Å². The van der Waals surface area contributed by atoms with Crippen molar-refractivity contribution in [3.63, 3.8) is 0 Å². The maximum absolute atomic E-state index is 12.6. The second kappa shape index (κ2) is 8.45. The van der Waals surface area contributed by atoms with Gasteiger partial charge in [-0.2, -0.15) is 0 Å². The van der Waals surface area contributed by atoms with Crippen LogP contribution in [-0.2, 0) is 16.1 Å². The lowest BCUT2D eigenvalue weighted by Gasteiger charge is -2.11. The van der Waals surface area contributed by atoms with Crippen LogP contribution in [0, 0.1) is 0 Å². The van der Waals surface area contributed by atoms with Gasteiger partial charge < -0.3 is 14.5 Å². The van der Waals surface area contributed by atoms with E-state index in [-0.39, 0.29) is 23.2 Å². The van der Waals surface area contributed by atoms with E-state index in [4.69, 9.17) is 20.8 Å². The molecule has 0 saturated heterocycles. The lowest BCUT2D eigenvalue weighted by atomic mass is 10.1. The molecule has 3 aromatic rings. The minimum Gasteiger partial charge on any atom is -0.467 e. The largest absolute Gasteiger partial charge is 0.467 e. The number of amides is 3. The van der Waals surface area contributed by atoms with Crippen LogP contribution in [0.1, 0.15) is 36.8 Å². The average Bonchev–Trinajstić information content (AvgIpc) is 3.35. The Morgan fingerprint density at radius 2 is 1.81 bits per heavy atom. The molecule has 1 aliphatic heterocycles. The van der Waals surface area contributed by atoms with E-state index in [2.05, 4.69) is 5.32 Å². The van der Waals surface area contributed by atoms with Gasteiger partial charge in [0.1, 0.15) is 5.76 Å². The molecule has 156 valence electrons. The summed E-state index contributed by atoms with van der Waals surface area (Å²) in [4.78, 5) is 50.5. The van der Waals surface area contributed by atoms with E-state index in [1.807, 2.05) is 0 Å². The highest BCUT2D eigenvalue weighted by Crippen LogP contribution is 2.26. The Morgan fingerprint density at radius 3 is 2.55 bits per heavy atom. The summed E-state index contributed by atoms with van der Waals surface area (Å²) < 4.78 is 10.2. The Kier molecular flexibility index (Phi) is 5.55. The van der Waals surface area contributed by atoms with E-state index < -0.39 is 30.3 Å². The van der Waals surface area contributed by atoms with E-state index in [1.54, 1.807) is 36.4 Å². The minimum absolute atomic E-state index is 0.0111. The van der Waals surface area contributed by atoms with Crippen LogP contribution < -0.4 is 5.32 Å². The summed E-state index contributed by atoms with van der Waals surface area (Å²) in [5.41, 5.74) is 0.795. The minimum atomic E-state index is -0.797. The SMILES string of the molecule is O=C(COC(=O)c1ccc2c(c1)C(=O)N(Cc1ccco1)C2=O)Nc1cccc(Cl)c1. The number of carbonyl (C=O) groups is 4. The number of hydrogen-bond acceptors (Lipinski definition) is 6. The number of anilines is 1. The summed E-state index contributed by atoms with van der Waals surface area (Å²) >= 11 is 5.86. The molecule has 0 radical (unpaired) electrons. The molecule has 4 rings (SSSR count). The Morgan fingerprint density at radius 1 is 1.00 bits per heavy atom. The van der Waals surface area contributed by atoms with E-state index in [1.165, 1.54) is 24.5 Å². The van der Waals surface area contributed by atoms with Crippen LogP contribution in [0.5, 0.6) is 0 Å². The highest BCUT2D eigenvalue weighted by atomic mass is 35.5. The maximum atomic E-state index is 12.6. The Balaban J connectivity index is 1.40. The average molecular weight is 439 g/mol. The monoisotopic (exact) mass is 438 g/mol. The molecule has 2 aromatic carbocycles. The third-order valence-electron chi connectivity index (χ3n) is 4.54. The molecule has 1 aromatic heterocycles. The lowest BCUT2D eigenvalue weighted by molar-refractivity contribution is -0.119. The highest BCUT2D eigenvalue weighted by molar-refractivity contribution is 6.30. The molecule has 1 aliphatic rings. The summed E-state index contributed by atoms with van der Waals surface area (Å²) in [7, 11) is 0. The van der Waals surface area contributed by atoms with Crippen molar-refractivity contribution in [3.05, 3.63) is 88.3 Å². The zero-order chi connectivity index (χ0) is 22.0. The van der Waals surface area contributed by atoms with Crippen LogP contribution in [0.4, 0.5) is 5.69 Å². The molecule has 0 spiro atoms. The van der Waals surface area contributed by atoms with Crippen molar-refractivity contribution < 1.29 is 28.3 Å². The fourth-order valence-corrected chi connectivity index (χ4v) is 3.29. The van der Waals surface area contributed by atoms with Crippen LogP contribution in [-0.4, -0.2) is 35.2 Å². The predicted molar refractivity (Wildman–Crippen MR) is 110 cm³/mol. The first-order chi connectivity index (χ1) is 14.9. The summed E-state index contributed by atoms with van der Waals surface area (Å²) in [6.45, 7) is -0.539. The number of halogens is 1. The molecule has 1 N–H and O–H groups in total. The van der Waals surface area contributed by atoms with Crippen molar-refractivity contribution in [3.8, 4) is 0 Å². The molecule has 0 atom stereocenters. The van der Waals surface area contributed by atoms with Crippen molar-refractivity contribution in [1.82, 2.24) is 4.90 Å². The number of rotatable bonds is 6. The quantitative estimate of drug-likeness (QED) is 0.466. The first kappa shape index (κ1) is 20.4. The van der Waals surface area contributed by atoms with Gasteiger partial charge in [0.2, 0.25) is 0 Å². The van der Waals surface area contributed by atoms with Crippen LogP contribution in [0.25, 0.3) is 0 Å². The third kappa shape index (κ3) is 4.34. The van der Waals surface area contributed by atoms with Crippen molar-refractivity contribution in [1.29, 1.82) is 0 Å². The molecule has 0 aliphatic carbocycles. The topological polar surface area (TPSA) is 106 Å². The molecule has 2 heterocycles. The molecular weight excluding hydrogens is 424 g/mol. The fraction of sp³-hybridized carbons (Fsp3) is 0.0909. The van der Waals surface area contributed by atoms with Crippen LogP contribution in [0.15, 0.2) is 65.3 Å². The summed E-state index contributed by atoms with van der Waals surface area (Å²) in [5, 5.41) is 3.01. The van der Waals surface area contributed by atoms with Crippen molar-refractivity contribution >= 4 is 41.0 Å². The molecule has 0 unspecified atom stereocenters. The number of furan rings is 1. The molecule has 8 nitrogen and oxygen atoms in total. The first-order valence-electron chi connectivity index (χ1n) is 9.17. The lowest BCUT2D eigenvalue weighted by Crippen LogP contribution is -2.28. The zero-order valence-electron chi connectivity index (χ0n) is 16.0. The number of esters is 1. The van der Waals surface area contributed by atoms with Gasteiger partial charge in [0.15, 0.2) is 6.61 Å². The number of hydrogen-bond donors (Lipinski definition) is 1. The van der Waals surface area contributed by atoms with Gasteiger partial charge in [0, 0.05) is 10.7 Å². The van der Waals surface area contributed by atoms with Gasteiger partial charge in [-0.25, -0.2) is 4.79 Å². The molecule has 9 heteroatoms. The number of nitrogens with zero attached hydrogens (tertiary/aromatic N) is 1. The molecule has 3 amide bonds. The number of ether oxygens (including phenoxy) is 1. The zero-order valence-corrected chi connectivity index (χ0v) is 16.7. The maximum Gasteiger partial charge on any atom is 0.338 e. The van der Waals surface area contributed by atoms with Crippen molar-refractivity contribution in [2.24, 2.45) is 0 Å². The number of carbonyl (C=O) groups excluding carboxylic acids is 4. The van der Waals surface area contributed by atoms with Crippen LogP contribution in [0.3, 0.4) is 0 Å². The Labute approximate surface area is 181 Å². The normalized spacial score (nSPS) is 12.6. The molecule has 0 bridgehead atoms. The van der Waals surface area contributed by atoms with E-state index in [0.29, 0.717) is 16.5 Å². The van der Waals surface area contributed by atoms with E-state index >= 15 is 0 Å². The smallest absolute Gasteiger partial charge is 0.338 e. The molecule has 0 saturated carbocycles. The Hall–Kier alpha value is -3.91. The van der Waals surface area contributed by atoms with E-state index in [9.17, 15) is 19.2 Å². The van der Waals surface area contributed by atoms with Crippen LogP contribution in [0.2, 0.25) is 5.02 Å². The fourth-order valence-electron chi connectivity index (χ4n) is 3.10. The molecular formula is C22H15ClN2O6. The van der Waals surface area contributed by atoms with Gasteiger partial charge in [-0.1, -0.05) is 17.7 Å². The second-order valence-corrected chi connectivity index (χ2v) is 7.11. The van der Waals surface area contributed by atoms with Gasteiger partial charge >= 0.3 is 5.97 Å². The van der Waals surface area contributed by atoms with Gasteiger partial charge in [0.05, 0.1) is 29.5 Å². The Bertz CT molecular complexity index is 1190. The van der Waals surface area contributed by atoms with Gasteiger partial charge in [-0.15, -0.1) is 0 Å². The van der Waals surface area contributed by atoms with Gasteiger partial charge in [-0.05, 0) is 48.5 Å². The van der Waals surface area contributed by atoms with Crippen molar-refractivity contribution in [2.75, 3.05) is 11.9 Å². The van der Waals surface area contributed by atoms with Crippen LogP contribution >= 0.6 is 11.6 Å². The number of imide groups is 1. The number of benzene rings is 2. The van der Waals surface area contributed by atoms with Gasteiger partial charge in [0.25, 0.3) is 17.7 Å². The summed E-state index contributed by atoms with van der Waals surface area (Å²) in [6.07, 6.45) is 1.45. The predicted octanol–water partition coefficient (Wildman–Crippen LogP) is 3.52. The highest BCUT2D eigenvalue weighted by Gasteiger charge is 2.36. The number of fused-ring (bicyclic) bond motifs is 1. The van der Waals surface area contributed by atoms with E-state index in [0.717, 1.165) is 4.90 Å². The van der Waals surface area contributed by atoms with Crippen molar-refractivity contribution in [2.45, 2.75) is 6.54 Å². The standard InChI is InChI=1S/C22H15ClN2O6/c23-14-3-1-4-15(10-14)24-19(26)12-31-22(29)13-6-7-17-18(9-13)21(28)25(20(17)27)11-16-5-2-8-30-16/h1-10H,11-12H2,(H,24,26). The molecule has 0 fully saturated rings. The summed E-state index contributed by atoms with van der Waals surface area (Å²) in [5.74, 6) is -1.90. The number of nitrogens with one attached hydrogen (secondary N) is 1. The first-order valence-corrected chi connectivity index (χ1v) is 9.55. The second-order valence-electron chi connectivity index (χ2n) is 6.67.